The van der Waals surface area contributed by atoms with Gasteiger partial charge in [-0.1, -0.05) is 92.5 Å². The standard InChI is InChI=1S/C28H31NO3Si/c1-26(2,3)33(24-10-6-4-7-11-24,25-12-8-5-9-13-25)31-21-28-18-27(19-28,20-28)15-14-23-16-22(17-30)29-32-23/h4-13,16,30H,17-21H2,1-3H3. The number of benzene rings is 2. The number of rotatable bonds is 6. The van der Waals surface area contributed by atoms with Crippen molar-refractivity contribution in [3.63, 3.8) is 0 Å². The van der Waals surface area contributed by atoms with Gasteiger partial charge in [0, 0.05) is 18.1 Å². The van der Waals surface area contributed by atoms with Gasteiger partial charge in [0.25, 0.3) is 8.32 Å². The fraction of sp³-hybridized carbons (Fsp3) is 0.393. The zero-order valence-electron chi connectivity index (χ0n) is 19.6. The average Bonchev–Trinajstić information content (AvgIpc) is 3.23. The van der Waals surface area contributed by atoms with Crippen molar-refractivity contribution in [2.24, 2.45) is 10.8 Å². The highest BCUT2D eigenvalue weighted by Gasteiger charge is 2.68. The summed E-state index contributed by atoms with van der Waals surface area (Å²) in [5.41, 5.74) is 0.840. The van der Waals surface area contributed by atoms with Crippen LogP contribution in [0.5, 0.6) is 0 Å². The molecular formula is C28H31NO3Si. The second-order valence-electron chi connectivity index (χ2n) is 10.9. The maximum absolute atomic E-state index is 9.14. The van der Waals surface area contributed by atoms with Gasteiger partial charge in [-0.15, -0.1) is 0 Å². The van der Waals surface area contributed by atoms with Crippen LogP contribution in [0.15, 0.2) is 71.3 Å². The third kappa shape index (κ3) is 3.77. The molecule has 0 atom stereocenters. The summed E-state index contributed by atoms with van der Waals surface area (Å²) in [5.74, 6) is 7.07. The maximum Gasteiger partial charge on any atom is 0.261 e. The lowest BCUT2D eigenvalue weighted by molar-refractivity contribution is -0.182. The van der Waals surface area contributed by atoms with Crippen molar-refractivity contribution in [3.8, 4) is 11.8 Å². The summed E-state index contributed by atoms with van der Waals surface area (Å²) in [6.45, 7) is 7.63. The number of aliphatic hydroxyl groups excluding tert-OH is 1. The van der Waals surface area contributed by atoms with E-state index < -0.39 is 8.32 Å². The third-order valence-corrected chi connectivity index (χ3v) is 12.3. The quantitative estimate of drug-likeness (QED) is 0.444. The molecule has 1 heterocycles. The molecule has 4 nitrogen and oxygen atoms in total. The largest absolute Gasteiger partial charge is 0.407 e. The molecule has 0 saturated heterocycles. The molecule has 1 aromatic heterocycles. The van der Waals surface area contributed by atoms with Crippen LogP contribution in [0.2, 0.25) is 5.04 Å². The van der Waals surface area contributed by atoms with Gasteiger partial charge in [-0.2, -0.15) is 0 Å². The second kappa shape index (κ2) is 7.98. The van der Waals surface area contributed by atoms with E-state index in [-0.39, 0.29) is 22.5 Å². The molecule has 3 aromatic rings. The first-order chi connectivity index (χ1) is 15.8. The minimum absolute atomic E-state index is 0.00651. The lowest BCUT2D eigenvalue weighted by Gasteiger charge is -2.69. The first-order valence-electron chi connectivity index (χ1n) is 11.6. The molecule has 3 aliphatic rings. The van der Waals surface area contributed by atoms with Crippen LogP contribution in [0.25, 0.3) is 0 Å². The fourth-order valence-corrected chi connectivity index (χ4v) is 10.6. The molecule has 5 heteroatoms. The van der Waals surface area contributed by atoms with Gasteiger partial charge < -0.3 is 14.1 Å². The SMILES string of the molecule is CC(C)(C)[Si](OCC12CC(C#Cc3cc(CO)no3)(C1)C2)(c1ccccc1)c1ccccc1. The molecular weight excluding hydrogens is 426 g/mol. The van der Waals surface area contributed by atoms with Crippen molar-refractivity contribution in [3.05, 3.63) is 78.2 Å². The molecule has 3 aliphatic carbocycles. The van der Waals surface area contributed by atoms with E-state index in [0.717, 1.165) is 25.9 Å². The van der Waals surface area contributed by atoms with Gasteiger partial charge in [-0.25, -0.2) is 0 Å². The predicted molar refractivity (Wildman–Crippen MR) is 132 cm³/mol. The molecule has 1 N–H and O–H groups in total. The Balaban J connectivity index is 1.36. The first kappa shape index (κ1) is 22.2. The summed E-state index contributed by atoms with van der Waals surface area (Å²) in [6, 6.07) is 23.4. The fourth-order valence-electron chi connectivity index (χ4n) is 5.95. The van der Waals surface area contributed by atoms with E-state index in [2.05, 4.69) is 98.4 Å². The maximum atomic E-state index is 9.14. The van der Waals surface area contributed by atoms with Crippen LogP contribution in [0.1, 0.15) is 51.5 Å². The van der Waals surface area contributed by atoms with E-state index >= 15 is 0 Å². The third-order valence-electron chi connectivity index (χ3n) is 7.32. The Morgan fingerprint density at radius 3 is 2.06 bits per heavy atom. The van der Waals surface area contributed by atoms with E-state index in [1.54, 1.807) is 6.07 Å². The van der Waals surface area contributed by atoms with Gasteiger partial charge >= 0.3 is 0 Å². The van der Waals surface area contributed by atoms with Crippen LogP contribution in [0.3, 0.4) is 0 Å². The average molecular weight is 458 g/mol. The molecule has 3 fully saturated rings. The minimum atomic E-state index is -2.50. The highest BCUT2D eigenvalue weighted by atomic mass is 28.4. The van der Waals surface area contributed by atoms with Gasteiger partial charge in [-0.3, -0.25) is 0 Å². The number of hydrogen-bond acceptors (Lipinski definition) is 4. The van der Waals surface area contributed by atoms with Crippen LogP contribution in [-0.2, 0) is 11.0 Å². The van der Waals surface area contributed by atoms with Gasteiger partial charge in [0.15, 0.2) is 0 Å². The second-order valence-corrected chi connectivity index (χ2v) is 15.2. The monoisotopic (exact) mass is 457 g/mol. The van der Waals surface area contributed by atoms with Gasteiger partial charge in [0.05, 0.1) is 6.61 Å². The van der Waals surface area contributed by atoms with E-state index in [4.69, 9.17) is 14.1 Å². The molecule has 33 heavy (non-hydrogen) atoms. The molecule has 2 bridgehead atoms. The summed E-state index contributed by atoms with van der Waals surface area (Å²) in [4.78, 5) is 0. The zero-order chi connectivity index (χ0) is 23.2. The minimum Gasteiger partial charge on any atom is -0.407 e. The summed E-state index contributed by atoms with van der Waals surface area (Å²) in [6.07, 6.45) is 3.23. The molecule has 170 valence electrons. The van der Waals surface area contributed by atoms with Crippen LogP contribution in [-0.4, -0.2) is 25.2 Å². The number of nitrogens with zero attached hydrogens (tertiary/aromatic N) is 1. The Morgan fingerprint density at radius 1 is 1.00 bits per heavy atom. The van der Waals surface area contributed by atoms with Gasteiger partial charge in [0.2, 0.25) is 5.76 Å². The zero-order valence-corrected chi connectivity index (χ0v) is 20.6. The topological polar surface area (TPSA) is 55.5 Å². The van der Waals surface area contributed by atoms with Crippen molar-refractivity contribution in [1.29, 1.82) is 0 Å². The molecule has 6 rings (SSSR count). The Labute approximate surface area is 197 Å². The van der Waals surface area contributed by atoms with Crippen molar-refractivity contribution >= 4 is 18.7 Å². The molecule has 0 unspecified atom stereocenters. The Bertz CT molecular complexity index is 1130. The molecule has 2 aromatic carbocycles. The highest BCUT2D eigenvalue weighted by molar-refractivity contribution is 6.99. The number of hydrogen-bond donors (Lipinski definition) is 1. The molecule has 0 aliphatic heterocycles. The normalized spacial score (nSPS) is 23.8. The van der Waals surface area contributed by atoms with Crippen molar-refractivity contribution in [2.45, 2.75) is 51.7 Å². The van der Waals surface area contributed by atoms with E-state index in [9.17, 15) is 0 Å². The van der Waals surface area contributed by atoms with Gasteiger partial charge in [0.1, 0.15) is 5.69 Å². The van der Waals surface area contributed by atoms with E-state index in [1.165, 1.54) is 10.4 Å². The number of aromatic nitrogens is 1. The lowest BCUT2D eigenvalue weighted by atomic mass is 9.36. The Kier molecular flexibility index (Phi) is 5.36. The molecule has 0 spiro atoms. The van der Waals surface area contributed by atoms with Crippen molar-refractivity contribution < 1.29 is 14.1 Å². The summed E-state index contributed by atoms with van der Waals surface area (Å²) < 4.78 is 12.4. The Hall–Kier alpha value is -2.65. The van der Waals surface area contributed by atoms with Crippen molar-refractivity contribution in [1.82, 2.24) is 5.16 Å². The predicted octanol–water partition coefficient (Wildman–Crippen LogP) is 4.27. The highest BCUT2D eigenvalue weighted by Crippen LogP contribution is 2.73. The molecule has 0 amide bonds. The van der Waals surface area contributed by atoms with Crippen LogP contribution < -0.4 is 10.4 Å². The molecule has 0 radical (unpaired) electrons. The van der Waals surface area contributed by atoms with Crippen LogP contribution in [0.4, 0.5) is 0 Å². The first-order valence-corrected chi connectivity index (χ1v) is 13.6. The van der Waals surface area contributed by atoms with Gasteiger partial charge in [-0.05, 0) is 46.0 Å². The lowest BCUT2D eigenvalue weighted by Crippen LogP contribution is -2.70. The molecule has 3 saturated carbocycles. The van der Waals surface area contributed by atoms with Crippen LogP contribution in [0, 0.1) is 22.7 Å². The van der Waals surface area contributed by atoms with Crippen LogP contribution >= 0.6 is 0 Å². The van der Waals surface area contributed by atoms with E-state index in [1.807, 2.05) is 0 Å². The van der Waals surface area contributed by atoms with E-state index in [0.29, 0.717) is 11.5 Å². The Morgan fingerprint density at radius 2 is 1.58 bits per heavy atom. The summed E-state index contributed by atoms with van der Waals surface area (Å²) >= 11 is 0. The smallest absolute Gasteiger partial charge is 0.261 e. The van der Waals surface area contributed by atoms with Crippen molar-refractivity contribution in [2.75, 3.05) is 6.61 Å². The summed E-state index contributed by atoms with van der Waals surface area (Å²) in [7, 11) is -2.50. The number of aliphatic hydroxyl groups is 1. The summed E-state index contributed by atoms with van der Waals surface area (Å²) in [5, 5.41) is 15.6.